The maximum atomic E-state index is 5.54. The second kappa shape index (κ2) is 11.0. The Hall–Kier alpha value is -0.120. The van der Waals surface area contributed by atoms with Crippen LogP contribution in [0.5, 0.6) is 0 Å². The molecule has 0 aromatic heterocycles. The third-order valence-corrected chi connectivity index (χ3v) is 2.72. The normalized spacial score (nSPS) is 13.6. The van der Waals surface area contributed by atoms with Gasteiger partial charge in [0.2, 0.25) is 0 Å². The van der Waals surface area contributed by atoms with Gasteiger partial charge in [0.25, 0.3) is 0 Å². The summed E-state index contributed by atoms with van der Waals surface area (Å²) in [6.45, 7) is 12.3. The van der Waals surface area contributed by atoms with Crippen molar-refractivity contribution in [2.75, 3.05) is 33.5 Å². The van der Waals surface area contributed by atoms with E-state index in [1.165, 1.54) is 6.42 Å². The van der Waals surface area contributed by atoms with Gasteiger partial charge in [-0.2, -0.15) is 0 Å². The minimum Gasteiger partial charge on any atom is -0.382 e. The third kappa shape index (κ3) is 12.1. The minimum absolute atomic E-state index is 0.569. The maximum absolute atomic E-state index is 5.54. The van der Waals surface area contributed by atoms with Crippen LogP contribution in [0.4, 0.5) is 0 Å². The molecule has 0 saturated heterocycles. The van der Waals surface area contributed by atoms with Gasteiger partial charge in [0, 0.05) is 19.8 Å². The highest BCUT2D eigenvalue weighted by Gasteiger charge is 2.11. The van der Waals surface area contributed by atoms with Gasteiger partial charge < -0.3 is 14.8 Å². The maximum Gasteiger partial charge on any atom is 0.0700 e. The van der Waals surface area contributed by atoms with Crippen LogP contribution in [0.25, 0.3) is 0 Å². The average Bonchev–Trinajstić information content (AvgIpc) is 2.24. The van der Waals surface area contributed by atoms with Crippen molar-refractivity contribution in [2.45, 2.75) is 46.6 Å². The van der Waals surface area contributed by atoms with Crippen LogP contribution in [0, 0.1) is 11.8 Å². The van der Waals surface area contributed by atoms with Crippen molar-refractivity contribution in [3.8, 4) is 0 Å². The summed E-state index contributed by atoms with van der Waals surface area (Å²) in [5.74, 6) is 1.48. The first kappa shape index (κ1) is 16.9. The zero-order valence-electron chi connectivity index (χ0n) is 12.3. The molecule has 3 heteroatoms. The smallest absolute Gasteiger partial charge is 0.0700 e. The zero-order valence-corrected chi connectivity index (χ0v) is 12.3. The summed E-state index contributed by atoms with van der Waals surface area (Å²) < 4.78 is 10.5. The van der Waals surface area contributed by atoms with E-state index in [1.54, 1.807) is 7.11 Å². The average molecular weight is 245 g/mol. The van der Waals surface area contributed by atoms with Gasteiger partial charge in [0.15, 0.2) is 0 Å². The van der Waals surface area contributed by atoms with Crippen molar-refractivity contribution in [1.82, 2.24) is 5.32 Å². The van der Waals surface area contributed by atoms with Gasteiger partial charge in [0.1, 0.15) is 0 Å². The lowest BCUT2D eigenvalue weighted by Gasteiger charge is -2.21. The largest absolute Gasteiger partial charge is 0.382 e. The van der Waals surface area contributed by atoms with Crippen molar-refractivity contribution in [3.05, 3.63) is 0 Å². The van der Waals surface area contributed by atoms with Gasteiger partial charge in [-0.25, -0.2) is 0 Å². The molecule has 3 nitrogen and oxygen atoms in total. The van der Waals surface area contributed by atoms with Crippen LogP contribution in [-0.2, 0) is 9.47 Å². The Balaban J connectivity index is 3.69. The summed E-state index contributed by atoms with van der Waals surface area (Å²) in [6.07, 6.45) is 2.41. The summed E-state index contributed by atoms with van der Waals surface area (Å²) in [4.78, 5) is 0. The van der Waals surface area contributed by atoms with Gasteiger partial charge in [-0.3, -0.25) is 0 Å². The molecule has 17 heavy (non-hydrogen) atoms. The fourth-order valence-electron chi connectivity index (χ4n) is 1.87. The van der Waals surface area contributed by atoms with E-state index < -0.39 is 0 Å². The molecule has 0 aliphatic heterocycles. The fourth-order valence-corrected chi connectivity index (χ4v) is 1.87. The Kier molecular flexibility index (Phi) is 10.9. The molecular formula is C14H31NO2. The minimum atomic E-state index is 0.569. The van der Waals surface area contributed by atoms with Crippen LogP contribution < -0.4 is 5.32 Å². The molecule has 104 valence electrons. The highest BCUT2D eigenvalue weighted by molar-refractivity contribution is 4.66. The van der Waals surface area contributed by atoms with Crippen LogP contribution in [0.2, 0.25) is 0 Å². The van der Waals surface area contributed by atoms with E-state index in [4.69, 9.17) is 9.47 Å². The first-order chi connectivity index (χ1) is 8.06. The summed E-state index contributed by atoms with van der Waals surface area (Å²) in [6, 6.07) is 0.569. The molecule has 0 radical (unpaired) electrons. The molecule has 0 bridgehead atoms. The predicted octanol–water partition coefficient (Wildman–Crippen LogP) is 2.70. The van der Waals surface area contributed by atoms with E-state index in [1.807, 2.05) is 0 Å². The first-order valence-electron chi connectivity index (χ1n) is 6.86. The number of rotatable bonds is 11. The summed E-state index contributed by atoms with van der Waals surface area (Å²) in [7, 11) is 1.71. The molecule has 1 N–H and O–H groups in total. The molecule has 0 aliphatic rings. The number of methoxy groups -OCH3 is 1. The molecule has 0 heterocycles. The quantitative estimate of drug-likeness (QED) is 0.568. The standard InChI is InChI=1S/C14H31NO2/c1-12(2)10-14(11-15-13(3)4)6-7-17-9-8-16-5/h12-15H,6-11H2,1-5H3. The van der Waals surface area contributed by atoms with Crippen LogP contribution in [0.15, 0.2) is 0 Å². The molecule has 0 amide bonds. The van der Waals surface area contributed by atoms with Gasteiger partial charge in [-0.15, -0.1) is 0 Å². The molecular weight excluding hydrogens is 214 g/mol. The summed E-state index contributed by atoms with van der Waals surface area (Å²) >= 11 is 0. The lowest BCUT2D eigenvalue weighted by molar-refractivity contribution is 0.0622. The highest BCUT2D eigenvalue weighted by atomic mass is 16.5. The molecule has 0 aliphatic carbocycles. The second-order valence-corrected chi connectivity index (χ2v) is 5.45. The number of nitrogens with one attached hydrogen (secondary N) is 1. The number of hydrogen-bond acceptors (Lipinski definition) is 3. The van der Waals surface area contributed by atoms with Gasteiger partial charge in [-0.1, -0.05) is 27.7 Å². The van der Waals surface area contributed by atoms with E-state index in [9.17, 15) is 0 Å². The summed E-state index contributed by atoms with van der Waals surface area (Å²) in [5, 5.41) is 3.52. The van der Waals surface area contributed by atoms with Crippen molar-refractivity contribution in [2.24, 2.45) is 11.8 Å². The van der Waals surface area contributed by atoms with Crippen LogP contribution in [0.3, 0.4) is 0 Å². The van der Waals surface area contributed by atoms with Crippen LogP contribution >= 0.6 is 0 Å². The van der Waals surface area contributed by atoms with Crippen molar-refractivity contribution in [1.29, 1.82) is 0 Å². The topological polar surface area (TPSA) is 30.5 Å². The van der Waals surface area contributed by atoms with Crippen molar-refractivity contribution < 1.29 is 9.47 Å². The zero-order chi connectivity index (χ0) is 13.1. The van der Waals surface area contributed by atoms with Gasteiger partial charge in [-0.05, 0) is 31.2 Å². The molecule has 0 spiro atoms. The second-order valence-electron chi connectivity index (χ2n) is 5.45. The molecule has 1 atom stereocenters. The lowest BCUT2D eigenvalue weighted by Crippen LogP contribution is -2.30. The predicted molar refractivity (Wildman–Crippen MR) is 73.4 cm³/mol. The van der Waals surface area contributed by atoms with Crippen LogP contribution in [-0.4, -0.2) is 39.5 Å². The molecule has 0 aromatic rings. The van der Waals surface area contributed by atoms with E-state index in [2.05, 4.69) is 33.0 Å². The van der Waals surface area contributed by atoms with Crippen molar-refractivity contribution >= 4 is 0 Å². The monoisotopic (exact) mass is 245 g/mol. The van der Waals surface area contributed by atoms with Crippen molar-refractivity contribution in [3.63, 3.8) is 0 Å². The van der Waals surface area contributed by atoms with E-state index in [0.717, 1.165) is 31.4 Å². The Morgan fingerprint density at radius 3 is 2.24 bits per heavy atom. The molecule has 0 fully saturated rings. The Morgan fingerprint density at radius 2 is 1.71 bits per heavy atom. The molecule has 0 aromatic carbocycles. The van der Waals surface area contributed by atoms with Crippen LogP contribution in [0.1, 0.15) is 40.5 Å². The first-order valence-corrected chi connectivity index (χ1v) is 6.86. The van der Waals surface area contributed by atoms with E-state index in [0.29, 0.717) is 19.3 Å². The summed E-state index contributed by atoms with van der Waals surface area (Å²) in [5.41, 5.74) is 0. The Morgan fingerprint density at radius 1 is 1.00 bits per heavy atom. The Labute approximate surface area is 107 Å². The molecule has 0 saturated carbocycles. The fraction of sp³-hybridized carbons (Fsp3) is 1.00. The number of hydrogen-bond donors (Lipinski definition) is 1. The van der Waals surface area contributed by atoms with E-state index >= 15 is 0 Å². The van der Waals surface area contributed by atoms with Gasteiger partial charge in [0.05, 0.1) is 13.2 Å². The third-order valence-electron chi connectivity index (χ3n) is 2.72. The Bertz CT molecular complexity index is 160. The number of ether oxygens (including phenoxy) is 2. The van der Waals surface area contributed by atoms with E-state index in [-0.39, 0.29) is 0 Å². The molecule has 1 unspecified atom stereocenters. The molecule has 0 rings (SSSR count). The highest BCUT2D eigenvalue weighted by Crippen LogP contribution is 2.15. The van der Waals surface area contributed by atoms with Gasteiger partial charge >= 0.3 is 0 Å². The lowest BCUT2D eigenvalue weighted by atomic mass is 9.94. The SMILES string of the molecule is COCCOCCC(CNC(C)C)CC(C)C.